The Morgan fingerprint density at radius 3 is 2.84 bits per heavy atom. The number of aromatic nitrogens is 2. The summed E-state index contributed by atoms with van der Waals surface area (Å²) in [6, 6.07) is 8.82. The molecule has 0 amide bonds. The van der Waals surface area contributed by atoms with Crippen LogP contribution in [0.4, 0.5) is 0 Å². The van der Waals surface area contributed by atoms with Crippen molar-refractivity contribution in [2.45, 2.75) is 31.7 Å². The third kappa shape index (κ3) is 2.64. The molecule has 0 bridgehead atoms. The molecule has 1 heterocycles. The predicted octanol–water partition coefficient (Wildman–Crippen LogP) is 1.71. The van der Waals surface area contributed by atoms with Crippen LogP contribution >= 0.6 is 0 Å². The van der Waals surface area contributed by atoms with Gasteiger partial charge in [0.15, 0.2) is 0 Å². The van der Waals surface area contributed by atoms with E-state index in [9.17, 15) is 0 Å². The molecule has 0 spiro atoms. The fourth-order valence-electron chi connectivity index (χ4n) is 2.77. The highest BCUT2D eigenvalue weighted by molar-refractivity contribution is 5.36. The lowest BCUT2D eigenvalue weighted by molar-refractivity contribution is 0.548. The Morgan fingerprint density at radius 2 is 2.05 bits per heavy atom. The topological polar surface area (TPSA) is 63.8 Å². The second-order valence-corrected chi connectivity index (χ2v) is 5.06. The van der Waals surface area contributed by atoms with Crippen molar-refractivity contribution in [3.8, 4) is 0 Å². The van der Waals surface area contributed by atoms with Crippen LogP contribution in [0.2, 0.25) is 0 Å². The number of rotatable bonds is 4. The molecule has 1 aliphatic carbocycles. The van der Waals surface area contributed by atoms with E-state index in [1.807, 2.05) is 6.07 Å². The van der Waals surface area contributed by atoms with E-state index in [1.54, 1.807) is 12.4 Å². The lowest BCUT2D eigenvalue weighted by atomic mass is 9.98. The Balaban J connectivity index is 1.80. The largest absolute Gasteiger partial charge is 0.271 e. The van der Waals surface area contributed by atoms with E-state index in [2.05, 4.69) is 33.8 Å². The van der Waals surface area contributed by atoms with Crippen LogP contribution in [0.5, 0.6) is 0 Å². The third-order valence-electron chi connectivity index (χ3n) is 3.81. The molecule has 1 unspecified atom stereocenters. The average Bonchev–Trinajstić information content (AvgIpc) is 2.93. The average molecular weight is 254 g/mol. The molecule has 3 rings (SSSR count). The SMILES string of the molecule is NNC(Cc1ccc2c(c1)CCC2)c1ccnnc1. The second kappa shape index (κ2) is 5.47. The highest BCUT2D eigenvalue weighted by atomic mass is 15.2. The summed E-state index contributed by atoms with van der Waals surface area (Å²) < 4.78 is 0. The molecule has 0 fully saturated rings. The van der Waals surface area contributed by atoms with E-state index in [0.717, 1.165) is 12.0 Å². The van der Waals surface area contributed by atoms with Gasteiger partial charge < -0.3 is 0 Å². The second-order valence-electron chi connectivity index (χ2n) is 5.06. The molecular weight excluding hydrogens is 236 g/mol. The molecule has 1 aromatic heterocycles. The minimum Gasteiger partial charge on any atom is -0.271 e. The van der Waals surface area contributed by atoms with Crippen molar-refractivity contribution in [1.82, 2.24) is 15.6 Å². The normalized spacial score (nSPS) is 15.2. The van der Waals surface area contributed by atoms with Crippen molar-refractivity contribution in [3.63, 3.8) is 0 Å². The summed E-state index contributed by atoms with van der Waals surface area (Å²) in [6.07, 6.45) is 8.05. The summed E-state index contributed by atoms with van der Waals surface area (Å²) in [5.74, 6) is 5.67. The van der Waals surface area contributed by atoms with E-state index < -0.39 is 0 Å². The number of aryl methyl sites for hydroxylation is 2. The zero-order chi connectivity index (χ0) is 13.1. The summed E-state index contributed by atoms with van der Waals surface area (Å²) in [6.45, 7) is 0. The van der Waals surface area contributed by atoms with Crippen molar-refractivity contribution in [1.29, 1.82) is 0 Å². The number of nitrogens with zero attached hydrogens (tertiary/aromatic N) is 2. The minimum absolute atomic E-state index is 0.0787. The van der Waals surface area contributed by atoms with Gasteiger partial charge in [-0.1, -0.05) is 18.2 Å². The van der Waals surface area contributed by atoms with Crippen LogP contribution in [-0.4, -0.2) is 10.2 Å². The molecule has 98 valence electrons. The van der Waals surface area contributed by atoms with E-state index >= 15 is 0 Å². The molecule has 4 heteroatoms. The Bertz CT molecular complexity index is 553. The van der Waals surface area contributed by atoms with E-state index in [1.165, 1.54) is 36.0 Å². The monoisotopic (exact) mass is 254 g/mol. The van der Waals surface area contributed by atoms with Crippen LogP contribution in [0.1, 0.15) is 34.7 Å². The van der Waals surface area contributed by atoms with Gasteiger partial charge in [0, 0.05) is 6.20 Å². The van der Waals surface area contributed by atoms with Gasteiger partial charge >= 0.3 is 0 Å². The Labute approximate surface area is 113 Å². The Kier molecular flexibility index (Phi) is 3.53. The molecule has 1 aromatic carbocycles. The molecule has 0 saturated heterocycles. The summed E-state index contributed by atoms with van der Waals surface area (Å²) >= 11 is 0. The summed E-state index contributed by atoms with van der Waals surface area (Å²) in [5.41, 5.74) is 8.26. The van der Waals surface area contributed by atoms with Crippen LogP contribution in [0.15, 0.2) is 36.7 Å². The predicted molar refractivity (Wildman–Crippen MR) is 74.3 cm³/mol. The fraction of sp³-hybridized carbons (Fsp3) is 0.333. The van der Waals surface area contributed by atoms with Gasteiger partial charge in [0.25, 0.3) is 0 Å². The van der Waals surface area contributed by atoms with Crippen LogP contribution in [0.3, 0.4) is 0 Å². The van der Waals surface area contributed by atoms with E-state index in [0.29, 0.717) is 0 Å². The van der Waals surface area contributed by atoms with Crippen LogP contribution < -0.4 is 11.3 Å². The number of nitrogens with two attached hydrogens (primary N) is 1. The molecule has 0 aliphatic heterocycles. The van der Waals surface area contributed by atoms with E-state index in [-0.39, 0.29) is 6.04 Å². The first kappa shape index (κ1) is 12.3. The molecule has 2 aromatic rings. The van der Waals surface area contributed by atoms with Crippen molar-refractivity contribution in [2.24, 2.45) is 5.84 Å². The maximum absolute atomic E-state index is 5.67. The maximum atomic E-state index is 5.67. The molecule has 3 N–H and O–H groups in total. The molecule has 1 aliphatic rings. The molecule has 19 heavy (non-hydrogen) atoms. The van der Waals surface area contributed by atoms with Gasteiger partial charge in [-0.15, -0.1) is 0 Å². The lowest BCUT2D eigenvalue weighted by Gasteiger charge is -2.16. The number of fused-ring (bicyclic) bond motifs is 1. The highest BCUT2D eigenvalue weighted by Crippen LogP contribution is 2.25. The first-order valence-electron chi connectivity index (χ1n) is 6.70. The first-order chi connectivity index (χ1) is 9.36. The van der Waals surface area contributed by atoms with Crippen molar-refractivity contribution in [2.75, 3.05) is 0 Å². The van der Waals surface area contributed by atoms with Crippen molar-refractivity contribution < 1.29 is 0 Å². The first-order valence-corrected chi connectivity index (χ1v) is 6.70. The van der Waals surface area contributed by atoms with Crippen molar-refractivity contribution in [3.05, 3.63) is 58.9 Å². The summed E-state index contributed by atoms with van der Waals surface area (Å²) in [5, 5.41) is 7.71. The number of hydrogen-bond donors (Lipinski definition) is 2. The fourth-order valence-corrected chi connectivity index (χ4v) is 2.77. The van der Waals surface area contributed by atoms with Gasteiger partial charge in [-0.05, 0) is 54.0 Å². The standard InChI is InChI=1S/C15H18N4/c16-19-15(14-6-7-17-18-10-14)9-11-4-5-12-2-1-3-13(12)8-11/h4-8,10,15,19H,1-3,9,16H2. The lowest BCUT2D eigenvalue weighted by Crippen LogP contribution is -2.29. The summed E-state index contributed by atoms with van der Waals surface area (Å²) in [4.78, 5) is 0. The molecular formula is C15H18N4. The van der Waals surface area contributed by atoms with Gasteiger partial charge in [-0.3, -0.25) is 11.3 Å². The molecule has 0 radical (unpaired) electrons. The molecule has 0 saturated carbocycles. The number of hydrogen-bond acceptors (Lipinski definition) is 4. The van der Waals surface area contributed by atoms with Gasteiger partial charge in [-0.25, -0.2) is 0 Å². The molecule has 1 atom stereocenters. The number of nitrogens with one attached hydrogen (secondary N) is 1. The quantitative estimate of drug-likeness (QED) is 0.644. The number of benzene rings is 1. The van der Waals surface area contributed by atoms with Crippen molar-refractivity contribution >= 4 is 0 Å². The Morgan fingerprint density at radius 1 is 1.16 bits per heavy atom. The van der Waals surface area contributed by atoms with Gasteiger partial charge in [0.2, 0.25) is 0 Å². The highest BCUT2D eigenvalue weighted by Gasteiger charge is 2.14. The van der Waals surface area contributed by atoms with Gasteiger partial charge in [-0.2, -0.15) is 10.2 Å². The number of hydrazine groups is 1. The minimum atomic E-state index is 0.0787. The maximum Gasteiger partial charge on any atom is 0.0544 e. The van der Waals surface area contributed by atoms with Crippen LogP contribution in [0.25, 0.3) is 0 Å². The van der Waals surface area contributed by atoms with E-state index in [4.69, 9.17) is 5.84 Å². The smallest absolute Gasteiger partial charge is 0.0544 e. The third-order valence-corrected chi connectivity index (χ3v) is 3.81. The van der Waals surface area contributed by atoms with Gasteiger partial charge in [0.1, 0.15) is 0 Å². The van der Waals surface area contributed by atoms with Crippen LogP contribution in [0, 0.1) is 0 Å². The zero-order valence-corrected chi connectivity index (χ0v) is 10.8. The molecule has 4 nitrogen and oxygen atoms in total. The van der Waals surface area contributed by atoms with Crippen LogP contribution in [-0.2, 0) is 19.3 Å². The summed E-state index contributed by atoms with van der Waals surface area (Å²) in [7, 11) is 0. The van der Waals surface area contributed by atoms with Gasteiger partial charge in [0.05, 0.1) is 12.2 Å². The zero-order valence-electron chi connectivity index (χ0n) is 10.8. The Hall–Kier alpha value is -1.78.